The van der Waals surface area contributed by atoms with Crippen LogP contribution in [0.4, 0.5) is 0 Å². The van der Waals surface area contributed by atoms with Gasteiger partial charge in [-0.25, -0.2) is 5.43 Å². The lowest BCUT2D eigenvalue weighted by Crippen LogP contribution is -2.49. The maximum absolute atomic E-state index is 12.4. The van der Waals surface area contributed by atoms with Gasteiger partial charge in [0.25, 0.3) is 0 Å². The van der Waals surface area contributed by atoms with Crippen LogP contribution in [0.2, 0.25) is 0 Å². The van der Waals surface area contributed by atoms with E-state index in [1.807, 2.05) is 54.6 Å². The number of ether oxygens (including phenoxy) is 3. The van der Waals surface area contributed by atoms with Crippen molar-refractivity contribution in [3.8, 4) is 5.75 Å². The predicted octanol–water partition coefficient (Wildman–Crippen LogP) is 1.88. The summed E-state index contributed by atoms with van der Waals surface area (Å²) in [6.07, 6.45) is -0.959. The molecule has 30 heavy (non-hydrogen) atoms. The number of nitrogens with zero attached hydrogens (tertiary/aromatic N) is 2. The van der Waals surface area contributed by atoms with E-state index in [-0.39, 0.29) is 30.5 Å². The van der Waals surface area contributed by atoms with Gasteiger partial charge in [-0.1, -0.05) is 35.5 Å². The normalized spacial score (nSPS) is 27.9. The number of nitrogens with one attached hydrogen (secondary N) is 1. The van der Waals surface area contributed by atoms with Crippen LogP contribution in [-0.2, 0) is 25.5 Å². The van der Waals surface area contributed by atoms with Crippen molar-refractivity contribution in [2.24, 2.45) is 16.2 Å². The first-order valence-electron chi connectivity index (χ1n) is 9.78. The lowest BCUT2D eigenvalue weighted by atomic mass is 9.84. The number of oxime groups is 1. The molecule has 0 spiro atoms. The summed E-state index contributed by atoms with van der Waals surface area (Å²) >= 11 is 0. The molecule has 2 saturated heterocycles. The van der Waals surface area contributed by atoms with Crippen LogP contribution >= 0.6 is 0 Å². The Bertz CT molecular complexity index is 990. The first kappa shape index (κ1) is 18.8. The van der Waals surface area contributed by atoms with Crippen LogP contribution < -0.4 is 10.2 Å². The Balaban J connectivity index is 1.39. The van der Waals surface area contributed by atoms with E-state index < -0.39 is 6.29 Å². The average Bonchev–Trinajstić information content (AvgIpc) is 3.41. The molecule has 1 N–H and O–H groups in total. The zero-order valence-corrected chi connectivity index (χ0v) is 16.4. The summed E-state index contributed by atoms with van der Waals surface area (Å²) in [5, 5.41) is 8.71. The second-order valence-corrected chi connectivity index (χ2v) is 7.33. The highest BCUT2D eigenvalue weighted by atomic mass is 16.7. The van der Waals surface area contributed by atoms with Gasteiger partial charge in [-0.2, -0.15) is 5.10 Å². The van der Waals surface area contributed by atoms with Crippen molar-refractivity contribution in [2.45, 2.75) is 24.9 Å². The fourth-order valence-corrected chi connectivity index (χ4v) is 3.94. The van der Waals surface area contributed by atoms with E-state index in [9.17, 15) is 4.79 Å². The minimum Gasteiger partial charge on any atom is -0.497 e. The molecule has 2 fully saturated rings. The molecule has 0 aliphatic carbocycles. The molecule has 3 aliphatic heterocycles. The van der Waals surface area contributed by atoms with E-state index in [1.165, 1.54) is 0 Å². The van der Waals surface area contributed by atoms with Gasteiger partial charge in [0.15, 0.2) is 12.4 Å². The van der Waals surface area contributed by atoms with Gasteiger partial charge in [-0.05, 0) is 29.8 Å². The van der Waals surface area contributed by atoms with E-state index in [0.29, 0.717) is 12.3 Å². The molecule has 2 aromatic rings. The number of rotatable bonds is 5. The molecule has 2 aromatic carbocycles. The molecule has 3 heterocycles. The third kappa shape index (κ3) is 3.44. The first-order valence-corrected chi connectivity index (χ1v) is 9.78. The van der Waals surface area contributed by atoms with Gasteiger partial charge in [0.05, 0.1) is 31.8 Å². The van der Waals surface area contributed by atoms with Crippen molar-refractivity contribution in [1.82, 2.24) is 5.43 Å². The molecule has 4 unspecified atom stereocenters. The van der Waals surface area contributed by atoms with Crippen molar-refractivity contribution in [3.05, 3.63) is 65.7 Å². The van der Waals surface area contributed by atoms with Crippen molar-refractivity contribution < 1.29 is 23.8 Å². The number of amides is 1. The molecule has 8 nitrogen and oxygen atoms in total. The Hall–Kier alpha value is -3.23. The quantitative estimate of drug-likeness (QED) is 0.765. The second-order valence-electron chi connectivity index (χ2n) is 7.33. The minimum absolute atomic E-state index is 0.216. The summed E-state index contributed by atoms with van der Waals surface area (Å²) in [6, 6.07) is 17.1. The third-order valence-corrected chi connectivity index (χ3v) is 5.44. The fourth-order valence-electron chi connectivity index (χ4n) is 3.94. The monoisotopic (exact) mass is 407 g/mol. The molecular formula is C22H21N3O5. The topological polar surface area (TPSA) is 90.7 Å². The number of methoxy groups -OCH3 is 1. The molecule has 154 valence electrons. The van der Waals surface area contributed by atoms with Crippen LogP contribution in [0, 0.1) is 5.92 Å². The molecular weight excluding hydrogens is 386 g/mol. The summed E-state index contributed by atoms with van der Waals surface area (Å²) in [7, 11) is 1.62. The van der Waals surface area contributed by atoms with E-state index in [2.05, 4.69) is 15.7 Å². The summed E-state index contributed by atoms with van der Waals surface area (Å²) < 4.78 is 16.8. The van der Waals surface area contributed by atoms with Crippen LogP contribution in [0.5, 0.6) is 5.75 Å². The maximum Gasteiger partial charge on any atom is 0.244 e. The van der Waals surface area contributed by atoms with Gasteiger partial charge in [0.1, 0.15) is 17.6 Å². The zero-order chi connectivity index (χ0) is 20.5. The first-order chi connectivity index (χ1) is 14.7. The number of fused-ring (bicyclic) bond motifs is 4. The Labute approximate surface area is 173 Å². The van der Waals surface area contributed by atoms with E-state index in [0.717, 1.165) is 22.6 Å². The van der Waals surface area contributed by atoms with E-state index in [1.54, 1.807) is 7.11 Å². The highest BCUT2D eigenvalue weighted by Crippen LogP contribution is 2.38. The van der Waals surface area contributed by atoms with Crippen molar-refractivity contribution >= 4 is 17.3 Å². The summed E-state index contributed by atoms with van der Waals surface area (Å²) in [6.45, 7) is 0.397. The average molecular weight is 407 g/mol. The van der Waals surface area contributed by atoms with Crippen molar-refractivity contribution in [1.29, 1.82) is 0 Å². The zero-order valence-electron chi connectivity index (χ0n) is 16.4. The van der Waals surface area contributed by atoms with Crippen LogP contribution in [0.25, 0.3) is 0 Å². The van der Waals surface area contributed by atoms with Crippen LogP contribution in [0.1, 0.15) is 11.1 Å². The van der Waals surface area contributed by atoms with Gasteiger partial charge < -0.3 is 19.0 Å². The molecule has 1 amide bonds. The fraction of sp³-hybridized carbons (Fsp3) is 0.318. The van der Waals surface area contributed by atoms with Gasteiger partial charge in [0.2, 0.25) is 5.91 Å². The minimum atomic E-state index is -0.626. The van der Waals surface area contributed by atoms with E-state index >= 15 is 0 Å². The van der Waals surface area contributed by atoms with Gasteiger partial charge in [0, 0.05) is 5.56 Å². The Kier molecular flexibility index (Phi) is 4.94. The van der Waals surface area contributed by atoms with Crippen LogP contribution in [0.15, 0.2) is 64.9 Å². The smallest absolute Gasteiger partial charge is 0.244 e. The molecule has 0 radical (unpaired) electrons. The summed E-state index contributed by atoms with van der Waals surface area (Å²) in [4.78, 5) is 18.1. The van der Waals surface area contributed by atoms with Crippen molar-refractivity contribution in [2.75, 3.05) is 13.7 Å². The molecule has 5 rings (SSSR count). The Morgan fingerprint density at radius 3 is 2.77 bits per heavy atom. The molecule has 0 aromatic heterocycles. The predicted molar refractivity (Wildman–Crippen MR) is 108 cm³/mol. The number of benzene rings is 2. The lowest BCUT2D eigenvalue weighted by Gasteiger charge is -2.30. The van der Waals surface area contributed by atoms with Crippen LogP contribution in [-0.4, -0.2) is 49.5 Å². The van der Waals surface area contributed by atoms with Gasteiger partial charge in [-0.3, -0.25) is 4.79 Å². The number of hydrogen-bond donors (Lipinski definition) is 1. The molecule has 0 saturated carbocycles. The molecule has 3 aliphatic rings. The highest BCUT2D eigenvalue weighted by molar-refractivity contribution is 6.17. The number of hydrogen-bond acceptors (Lipinski definition) is 7. The molecule has 4 atom stereocenters. The molecule has 2 bridgehead atoms. The number of carbonyl (C=O) groups excluding carboxylic acids is 1. The maximum atomic E-state index is 12.4. The Morgan fingerprint density at radius 2 is 2.00 bits per heavy atom. The second kappa shape index (κ2) is 7.89. The molecule has 8 heteroatoms. The lowest BCUT2D eigenvalue weighted by molar-refractivity contribution is -0.120. The number of hydrazone groups is 1. The van der Waals surface area contributed by atoms with Crippen LogP contribution in [0.3, 0.4) is 0 Å². The standard InChI is InChI=1S/C22H21N3O5/c1-27-15-9-7-14(8-10-15)19-18-20(22-28-12-16(29-22)21(18)30-25-19)24-23-17(26)11-13-5-3-2-4-6-13/h2-10,16,18,21-22H,11-12H2,1H3,(H,23,26)/b24-20-. The van der Waals surface area contributed by atoms with Gasteiger partial charge >= 0.3 is 0 Å². The third-order valence-electron chi connectivity index (χ3n) is 5.44. The van der Waals surface area contributed by atoms with E-state index in [4.69, 9.17) is 19.0 Å². The Morgan fingerprint density at radius 1 is 1.20 bits per heavy atom. The SMILES string of the molecule is COc1ccc(C2=NOC3C4COC(O4)/C(=N\NC(=O)Cc4ccccc4)C23)cc1. The summed E-state index contributed by atoms with van der Waals surface area (Å²) in [5.74, 6) is 0.279. The van der Waals surface area contributed by atoms with Crippen molar-refractivity contribution in [3.63, 3.8) is 0 Å². The van der Waals surface area contributed by atoms with Gasteiger partial charge in [-0.15, -0.1) is 0 Å². The highest BCUT2D eigenvalue weighted by Gasteiger charge is 2.55. The largest absolute Gasteiger partial charge is 0.497 e. The summed E-state index contributed by atoms with van der Waals surface area (Å²) in [5.41, 5.74) is 5.75. The number of carbonyl (C=O) groups is 1.